The summed E-state index contributed by atoms with van der Waals surface area (Å²) in [5.41, 5.74) is 7.48. The van der Waals surface area contributed by atoms with E-state index in [1.165, 1.54) is 12.0 Å². The second-order valence-electron chi connectivity index (χ2n) is 5.86. The van der Waals surface area contributed by atoms with E-state index >= 15 is 0 Å². The molecular formula is C16H30N2O. The Hall–Kier alpha value is -0.800. The lowest BCUT2D eigenvalue weighted by Gasteiger charge is -2.42. The summed E-state index contributed by atoms with van der Waals surface area (Å²) in [6.45, 7) is 10.5. The number of hydrogen-bond acceptors (Lipinski definition) is 3. The van der Waals surface area contributed by atoms with Gasteiger partial charge in [-0.05, 0) is 38.8 Å². The van der Waals surface area contributed by atoms with Crippen LogP contribution in [0.5, 0.6) is 0 Å². The largest absolute Gasteiger partial charge is 0.469 e. The first-order valence-corrected chi connectivity index (χ1v) is 7.43. The highest BCUT2D eigenvalue weighted by atomic mass is 16.3. The average Bonchev–Trinajstić information content (AvgIpc) is 2.81. The fourth-order valence-corrected chi connectivity index (χ4v) is 2.75. The number of hydrogen-bond donors (Lipinski definition) is 1. The molecule has 0 aliphatic carbocycles. The van der Waals surface area contributed by atoms with E-state index in [1.54, 1.807) is 6.26 Å². The quantitative estimate of drug-likeness (QED) is 0.782. The van der Waals surface area contributed by atoms with Crippen molar-refractivity contribution >= 4 is 0 Å². The first-order chi connectivity index (χ1) is 8.99. The van der Waals surface area contributed by atoms with E-state index in [0.29, 0.717) is 12.5 Å². The summed E-state index contributed by atoms with van der Waals surface area (Å²) in [5.74, 6) is 1.72. The Labute approximate surface area is 118 Å². The molecule has 1 heterocycles. The van der Waals surface area contributed by atoms with Gasteiger partial charge in [0.15, 0.2) is 0 Å². The summed E-state index contributed by atoms with van der Waals surface area (Å²) in [7, 11) is 2.19. The van der Waals surface area contributed by atoms with Crippen LogP contribution in [0.25, 0.3) is 0 Å². The molecule has 110 valence electrons. The maximum atomic E-state index is 6.12. The Morgan fingerprint density at radius 2 is 2.11 bits per heavy atom. The molecule has 3 heteroatoms. The van der Waals surface area contributed by atoms with Crippen molar-refractivity contribution in [2.24, 2.45) is 11.7 Å². The molecule has 0 amide bonds. The Morgan fingerprint density at radius 1 is 1.42 bits per heavy atom. The molecule has 1 aromatic rings. The molecule has 2 unspecified atom stereocenters. The third kappa shape index (κ3) is 3.83. The number of aryl methyl sites for hydroxylation is 1. The van der Waals surface area contributed by atoms with E-state index in [2.05, 4.69) is 38.8 Å². The van der Waals surface area contributed by atoms with Gasteiger partial charge in [0.05, 0.1) is 6.26 Å². The summed E-state index contributed by atoms with van der Waals surface area (Å²) in [5, 5.41) is 0. The fraction of sp³-hybridized carbons (Fsp3) is 0.750. The van der Waals surface area contributed by atoms with Crippen molar-refractivity contribution in [2.45, 2.75) is 59.0 Å². The molecule has 2 atom stereocenters. The van der Waals surface area contributed by atoms with Crippen LogP contribution in [0.2, 0.25) is 0 Å². The topological polar surface area (TPSA) is 42.4 Å². The molecule has 0 bridgehead atoms. The van der Waals surface area contributed by atoms with Crippen molar-refractivity contribution in [3.63, 3.8) is 0 Å². The Morgan fingerprint density at radius 3 is 2.53 bits per heavy atom. The van der Waals surface area contributed by atoms with Gasteiger partial charge in [0, 0.05) is 24.2 Å². The van der Waals surface area contributed by atoms with Gasteiger partial charge < -0.3 is 10.2 Å². The van der Waals surface area contributed by atoms with Gasteiger partial charge >= 0.3 is 0 Å². The molecule has 0 aliphatic heterocycles. The van der Waals surface area contributed by atoms with Crippen LogP contribution in [-0.4, -0.2) is 24.0 Å². The van der Waals surface area contributed by atoms with E-state index in [1.807, 2.05) is 6.92 Å². The van der Waals surface area contributed by atoms with Gasteiger partial charge in [-0.25, -0.2) is 0 Å². The molecule has 19 heavy (non-hydrogen) atoms. The predicted octanol–water partition coefficient (Wildman–Crippen LogP) is 3.56. The SMILES string of the molecule is CCC(C)CC(CC)(CN)N(C)Cc1ccoc1C. The Bertz CT molecular complexity index is 369. The molecule has 0 fully saturated rings. The molecule has 1 rings (SSSR count). The molecule has 0 spiro atoms. The van der Waals surface area contributed by atoms with E-state index < -0.39 is 0 Å². The molecule has 3 nitrogen and oxygen atoms in total. The van der Waals surface area contributed by atoms with Crippen molar-refractivity contribution in [3.05, 3.63) is 23.7 Å². The van der Waals surface area contributed by atoms with E-state index in [-0.39, 0.29) is 5.54 Å². The van der Waals surface area contributed by atoms with Crippen molar-refractivity contribution in [1.29, 1.82) is 0 Å². The minimum Gasteiger partial charge on any atom is -0.469 e. The smallest absolute Gasteiger partial charge is 0.105 e. The monoisotopic (exact) mass is 266 g/mol. The highest BCUT2D eigenvalue weighted by molar-refractivity contribution is 5.15. The minimum atomic E-state index is 0.0964. The second kappa shape index (κ2) is 7.11. The lowest BCUT2D eigenvalue weighted by molar-refractivity contribution is 0.0851. The van der Waals surface area contributed by atoms with Crippen molar-refractivity contribution < 1.29 is 4.42 Å². The number of rotatable bonds is 8. The standard InChI is InChI=1S/C16H30N2O/c1-6-13(3)10-16(7-2,12-17)18(5)11-15-8-9-19-14(15)4/h8-9,13H,6-7,10-12,17H2,1-5H3. The maximum absolute atomic E-state index is 6.12. The number of likely N-dealkylation sites (N-methyl/N-ethyl adjacent to an activating group) is 1. The Kier molecular flexibility index (Phi) is 6.08. The first kappa shape index (κ1) is 16.3. The van der Waals surface area contributed by atoms with E-state index in [4.69, 9.17) is 10.2 Å². The zero-order valence-corrected chi connectivity index (χ0v) is 13.2. The number of nitrogens with two attached hydrogens (primary N) is 1. The van der Waals surface area contributed by atoms with Gasteiger partial charge in [0.2, 0.25) is 0 Å². The van der Waals surface area contributed by atoms with Crippen molar-refractivity contribution in [1.82, 2.24) is 4.90 Å². The summed E-state index contributed by atoms with van der Waals surface area (Å²) < 4.78 is 5.39. The van der Waals surface area contributed by atoms with E-state index in [0.717, 1.165) is 25.1 Å². The van der Waals surface area contributed by atoms with Gasteiger partial charge in [0.25, 0.3) is 0 Å². The van der Waals surface area contributed by atoms with Crippen LogP contribution in [-0.2, 0) is 6.54 Å². The predicted molar refractivity (Wildman–Crippen MR) is 81.1 cm³/mol. The summed E-state index contributed by atoms with van der Waals surface area (Å²) in [6, 6.07) is 2.06. The number of furan rings is 1. The highest BCUT2D eigenvalue weighted by Gasteiger charge is 2.33. The lowest BCUT2D eigenvalue weighted by Crippen LogP contribution is -2.52. The van der Waals surface area contributed by atoms with Crippen LogP contribution < -0.4 is 5.73 Å². The van der Waals surface area contributed by atoms with Crippen LogP contribution in [0.1, 0.15) is 51.4 Å². The van der Waals surface area contributed by atoms with Crippen LogP contribution in [0.15, 0.2) is 16.7 Å². The van der Waals surface area contributed by atoms with Crippen LogP contribution in [0, 0.1) is 12.8 Å². The third-order valence-corrected chi connectivity index (χ3v) is 4.65. The molecule has 0 radical (unpaired) electrons. The van der Waals surface area contributed by atoms with Gasteiger partial charge in [0.1, 0.15) is 5.76 Å². The number of nitrogens with zero attached hydrogens (tertiary/aromatic N) is 1. The molecule has 2 N–H and O–H groups in total. The molecule has 0 aliphatic rings. The molecule has 0 saturated carbocycles. The summed E-state index contributed by atoms with van der Waals surface area (Å²) >= 11 is 0. The molecule has 0 aromatic carbocycles. The van der Waals surface area contributed by atoms with Crippen molar-refractivity contribution in [2.75, 3.05) is 13.6 Å². The highest BCUT2D eigenvalue weighted by Crippen LogP contribution is 2.29. The minimum absolute atomic E-state index is 0.0964. The van der Waals surface area contributed by atoms with Crippen molar-refractivity contribution in [3.8, 4) is 0 Å². The lowest BCUT2D eigenvalue weighted by atomic mass is 9.83. The van der Waals surface area contributed by atoms with Gasteiger partial charge in [-0.1, -0.05) is 27.2 Å². The zero-order chi connectivity index (χ0) is 14.5. The van der Waals surface area contributed by atoms with Gasteiger partial charge in [-0.2, -0.15) is 0 Å². The first-order valence-electron chi connectivity index (χ1n) is 7.43. The third-order valence-electron chi connectivity index (χ3n) is 4.65. The second-order valence-corrected chi connectivity index (χ2v) is 5.86. The fourth-order valence-electron chi connectivity index (χ4n) is 2.75. The van der Waals surface area contributed by atoms with E-state index in [9.17, 15) is 0 Å². The average molecular weight is 266 g/mol. The molecular weight excluding hydrogens is 236 g/mol. The molecule has 1 aromatic heterocycles. The Balaban J connectivity index is 2.82. The maximum Gasteiger partial charge on any atom is 0.105 e. The van der Waals surface area contributed by atoms with Gasteiger partial charge in [-0.15, -0.1) is 0 Å². The zero-order valence-electron chi connectivity index (χ0n) is 13.2. The van der Waals surface area contributed by atoms with Crippen LogP contribution in [0.3, 0.4) is 0 Å². The normalized spacial score (nSPS) is 16.6. The summed E-state index contributed by atoms with van der Waals surface area (Å²) in [6.07, 6.45) is 5.22. The van der Waals surface area contributed by atoms with Crippen LogP contribution >= 0.6 is 0 Å². The van der Waals surface area contributed by atoms with Gasteiger partial charge in [-0.3, -0.25) is 4.90 Å². The molecule has 0 saturated heterocycles. The van der Waals surface area contributed by atoms with Crippen LogP contribution in [0.4, 0.5) is 0 Å². The summed E-state index contributed by atoms with van der Waals surface area (Å²) in [4.78, 5) is 2.41.